The van der Waals surface area contributed by atoms with E-state index in [1.165, 1.54) is 18.2 Å². The first-order valence-electron chi connectivity index (χ1n) is 10.7. The lowest BCUT2D eigenvalue weighted by atomic mass is 10.1. The topological polar surface area (TPSA) is 75.0 Å². The maximum absolute atomic E-state index is 12.3. The Morgan fingerprint density at radius 3 is 2.56 bits per heavy atom. The van der Waals surface area contributed by atoms with Gasteiger partial charge in [-0.25, -0.2) is 9.59 Å². The maximum atomic E-state index is 12.3. The molecule has 0 saturated heterocycles. The number of carbonyl (C=O) groups is 1. The van der Waals surface area contributed by atoms with Gasteiger partial charge in [0.2, 0.25) is 0 Å². The predicted octanol–water partition coefficient (Wildman–Crippen LogP) is 5.62. The van der Waals surface area contributed by atoms with Crippen molar-refractivity contribution in [3.8, 4) is 17.2 Å². The molecule has 0 bridgehead atoms. The zero-order chi connectivity index (χ0) is 24.1. The van der Waals surface area contributed by atoms with Crippen molar-refractivity contribution in [3.05, 3.63) is 105 Å². The molecule has 3 aromatic carbocycles. The number of benzene rings is 3. The Labute approximate surface area is 197 Å². The summed E-state index contributed by atoms with van der Waals surface area (Å²) in [6, 6.07) is 19.8. The molecular formula is C28H24O6. The van der Waals surface area contributed by atoms with Crippen molar-refractivity contribution in [2.24, 2.45) is 0 Å². The molecule has 0 aliphatic rings. The fraction of sp³-hybridized carbons (Fsp3) is 0.143. The molecule has 4 aromatic rings. The minimum Gasteiger partial charge on any atom is -0.493 e. The number of rotatable bonds is 7. The highest BCUT2D eigenvalue weighted by atomic mass is 16.5. The minimum absolute atomic E-state index is 0.286. The largest absolute Gasteiger partial charge is 0.493 e. The zero-order valence-electron chi connectivity index (χ0n) is 19.2. The van der Waals surface area contributed by atoms with Crippen LogP contribution in [0, 0.1) is 13.8 Å². The summed E-state index contributed by atoms with van der Waals surface area (Å²) in [5.41, 5.74) is 3.71. The van der Waals surface area contributed by atoms with Gasteiger partial charge in [0.25, 0.3) is 0 Å². The van der Waals surface area contributed by atoms with Crippen LogP contribution in [0.1, 0.15) is 22.3 Å². The summed E-state index contributed by atoms with van der Waals surface area (Å²) < 4.78 is 21.9. The molecule has 34 heavy (non-hydrogen) atoms. The average Bonchev–Trinajstić information content (AvgIpc) is 2.82. The molecular weight excluding hydrogens is 432 g/mol. The van der Waals surface area contributed by atoms with Crippen LogP contribution in [-0.4, -0.2) is 13.1 Å². The van der Waals surface area contributed by atoms with E-state index in [1.807, 2.05) is 44.2 Å². The number of hydrogen-bond donors (Lipinski definition) is 0. The Morgan fingerprint density at radius 1 is 0.941 bits per heavy atom. The van der Waals surface area contributed by atoms with Crippen molar-refractivity contribution in [2.45, 2.75) is 20.5 Å². The van der Waals surface area contributed by atoms with Gasteiger partial charge in [0.1, 0.15) is 17.9 Å². The number of methoxy groups -OCH3 is 1. The Bertz CT molecular complexity index is 1430. The van der Waals surface area contributed by atoms with E-state index in [-0.39, 0.29) is 5.75 Å². The third-order valence-electron chi connectivity index (χ3n) is 5.39. The van der Waals surface area contributed by atoms with Gasteiger partial charge in [-0.15, -0.1) is 0 Å². The van der Waals surface area contributed by atoms with Crippen LogP contribution in [0.3, 0.4) is 0 Å². The summed E-state index contributed by atoms with van der Waals surface area (Å²) in [6.45, 7) is 4.29. The fourth-order valence-corrected chi connectivity index (χ4v) is 3.52. The van der Waals surface area contributed by atoms with Crippen molar-refractivity contribution in [2.75, 3.05) is 7.11 Å². The van der Waals surface area contributed by atoms with E-state index in [0.717, 1.165) is 27.6 Å². The first kappa shape index (κ1) is 22.9. The van der Waals surface area contributed by atoms with Gasteiger partial charge in [0.15, 0.2) is 11.5 Å². The van der Waals surface area contributed by atoms with Gasteiger partial charge < -0.3 is 18.6 Å². The number of carbonyl (C=O) groups excluding carboxylic acids is 1. The van der Waals surface area contributed by atoms with Gasteiger partial charge in [0.05, 0.1) is 7.11 Å². The third-order valence-corrected chi connectivity index (χ3v) is 5.39. The van der Waals surface area contributed by atoms with E-state index in [4.69, 9.17) is 18.6 Å². The first-order valence-corrected chi connectivity index (χ1v) is 10.7. The lowest BCUT2D eigenvalue weighted by molar-refractivity contribution is -0.128. The average molecular weight is 456 g/mol. The zero-order valence-corrected chi connectivity index (χ0v) is 19.2. The molecule has 0 saturated carbocycles. The lowest BCUT2D eigenvalue weighted by Crippen LogP contribution is -2.04. The second kappa shape index (κ2) is 10.1. The van der Waals surface area contributed by atoms with Gasteiger partial charge in [-0.05, 0) is 66.4 Å². The fourth-order valence-electron chi connectivity index (χ4n) is 3.52. The van der Waals surface area contributed by atoms with Gasteiger partial charge in [-0.3, -0.25) is 0 Å². The van der Waals surface area contributed by atoms with Crippen LogP contribution in [0.4, 0.5) is 0 Å². The molecule has 0 aliphatic carbocycles. The molecule has 0 N–H and O–H groups in total. The second-order valence-corrected chi connectivity index (χ2v) is 7.79. The van der Waals surface area contributed by atoms with Crippen molar-refractivity contribution >= 4 is 23.0 Å². The van der Waals surface area contributed by atoms with E-state index in [0.29, 0.717) is 23.7 Å². The van der Waals surface area contributed by atoms with Crippen LogP contribution in [0.2, 0.25) is 0 Å². The SMILES string of the molecule is COc1cc(/C=C/C(=O)Oc2ccc3c(C)cc(=O)oc3c2)ccc1OCc1ccccc1C. The number of aryl methyl sites for hydroxylation is 2. The highest BCUT2D eigenvalue weighted by molar-refractivity contribution is 5.89. The maximum Gasteiger partial charge on any atom is 0.336 e. The van der Waals surface area contributed by atoms with Crippen LogP contribution >= 0.6 is 0 Å². The van der Waals surface area contributed by atoms with Gasteiger partial charge >= 0.3 is 11.6 Å². The highest BCUT2D eigenvalue weighted by Gasteiger charge is 2.09. The summed E-state index contributed by atoms with van der Waals surface area (Å²) in [6.07, 6.45) is 2.94. The summed E-state index contributed by atoms with van der Waals surface area (Å²) in [4.78, 5) is 23.9. The van der Waals surface area contributed by atoms with Crippen LogP contribution in [0.15, 0.2) is 82.0 Å². The Kier molecular flexibility index (Phi) is 6.78. The molecule has 6 nitrogen and oxygen atoms in total. The van der Waals surface area contributed by atoms with Gasteiger partial charge in [-0.2, -0.15) is 0 Å². The number of ether oxygens (including phenoxy) is 3. The third kappa shape index (κ3) is 5.35. The van der Waals surface area contributed by atoms with Crippen molar-refractivity contribution in [3.63, 3.8) is 0 Å². The van der Waals surface area contributed by atoms with Crippen molar-refractivity contribution < 1.29 is 23.4 Å². The molecule has 0 amide bonds. The van der Waals surface area contributed by atoms with E-state index < -0.39 is 11.6 Å². The molecule has 172 valence electrons. The molecule has 0 spiro atoms. The standard InChI is InChI=1S/C28H24O6/c1-18-6-4-5-7-21(18)17-32-24-12-8-20(15-26(24)31-3)9-13-27(29)33-22-10-11-23-19(2)14-28(30)34-25(23)16-22/h4-16H,17H2,1-3H3/b13-9+. The van der Waals surface area contributed by atoms with Crippen LogP contribution in [0.25, 0.3) is 17.0 Å². The van der Waals surface area contributed by atoms with Crippen LogP contribution < -0.4 is 19.8 Å². The Hall–Kier alpha value is -4.32. The molecule has 0 unspecified atom stereocenters. The smallest absolute Gasteiger partial charge is 0.336 e. The van der Waals surface area contributed by atoms with E-state index in [9.17, 15) is 9.59 Å². The van der Waals surface area contributed by atoms with Crippen LogP contribution in [-0.2, 0) is 11.4 Å². The second-order valence-electron chi connectivity index (χ2n) is 7.79. The normalized spacial score (nSPS) is 11.0. The minimum atomic E-state index is -0.562. The summed E-state index contributed by atoms with van der Waals surface area (Å²) in [5, 5.41) is 0.784. The molecule has 1 heterocycles. The number of hydrogen-bond acceptors (Lipinski definition) is 6. The number of fused-ring (bicyclic) bond motifs is 1. The summed E-state index contributed by atoms with van der Waals surface area (Å²) in [7, 11) is 1.57. The molecule has 6 heteroatoms. The van der Waals surface area contributed by atoms with Gasteiger partial charge in [0, 0.05) is 23.6 Å². The Morgan fingerprint density at radius 2 is 1.76 bits per heavy atom. The van der Waals surface area contributed by atoms with E-state index >= 15 is 0 Å². The molecule has 0 radical (unpaired) electrons. The molecule has 0 aliphatic heterocycles. The van der Waals surface area contributed by atoms with Crippen molar-refractivity contribution in [1.82, 2.24) is 0 Å². The quantitative estimate of drug-likeness (QED) is 0.156. The van der Waals surface area contributed by atoms with E-state index in [1.54, 1.807) is 37.5 Å². The lowest BCUT2D eigenvalue weighted by Gasteiger charge is -2.12. The molecule has 1 aromatic heterocycles. The first-order chi connectivity index (χ1) is 16.4. The van der Waals surface area contributed by atoms with Gasteiger partial charge in [-0.1, -0.05) is 30.3 Å². The van der Waals surface area contributed by atoms with Crippen molar-refractivity contribution in [1.29, 1.82) is 0 Å². The molecule has 0 atom stereocenters. The van der Waals surface area contributed by atoms with Crippen LogP contribution in [0.5, 0.6) is 17.2 Å². The van der Waals surface area contributed by atoms with E-state index in [2.05, 4.69) is 0 Å². The molecule has 0 fully saturated rings. The summed E-state index contributed by atoms with van der Waals surface area (Å²) >= 11 is 0. The summed E-state index contributed by atoms with van der Waals surface area (Å²) in [5.74, 6) is 0.893. The predicted molar refractivity (Wildman–Crippen MR) is 130 cm³/mol. The number of esters is 1. The Balaban J connectivity index is 1.43. The molecule has 4 rings (SSSR count). The monoisotopic (exact) mass is 456 g/mol. The highest BCUT2D eigenvalue weighted by Crippen LogP contribution is 2.30.